The Morgan fingerprint density at radius 3 is 2.67 bits per heavy atom. The zero-order valence-corrected chi connectivity index (χ0v) is 12.6. The lowest BCUT2D eigenvalue weighted by Gasteiger charge is -2.07. The second-order valence-corrected chi connectivity index (χ2v) is 5.26. The number of rotatable bonds is 3. The van der Waals surface area contributed by atoms with Crippen LogP contribution < -0.4 is 5.32 Å². The van der Waals surface area contributed by atoms with Crippen molar-refractivity contribution in [1.82, 2.24) is 19.9 Å². The van der Waals surface area contributed by atoms with E-state index < -0.39 is 0 Å². The van der Waals surface area contributed by atoms with Crippen LogP contribution in [0.5, 0.6) is 0 Å². The summed E-state index contributed by atoms with van der Waals surface area (Å²) in [6.45, 7) is 0. The van der Waals surface area contributed by atoms with Gasteiger partial charge in [-0.1, -0.05) is 12.1 Å². The second kappa shape index (κ2) is 5.92. The molecule has 24 heavy (non-hydrogen) atoms. The van der Waals surface area contributed by atoms with Crippen LogP contribution in [0, 0.1) is 0 Å². The number of carbonyl (C=O) groups is 1. The van der Waals surface area contributed by atoms with E-state index in [1.54, 1.807) is 24.9 Å². The first kappa shape index (κ1) is 14.1. The Labute approximate surface area is 137 Å². The number of carbonyl (C=O) groups excluding carboxylic acids is 1. The third-order valence-corrected chi connectivity index (χ3v) is 3.71. The van der Waals surface area contributed by atoms with Gasteiger partial charge in [-0.3, -0.25) is 14.8 Å². The molecule has 3 heterocycles. The summed E-state index contributed by atoms with van der Waals surface area (Å²) in [6, 6.07) is 11.2. The van der Waals surface area contributed by atoms with Crippen molar-refractivity contribution >= 4 is 22.5 Å². The zero-order chi connectivity index (χ0) is 16.4. The van der Waals surface area contributed by atoms with Gasteiger partial charge in [0.25, 0.3) is 5.91 Å². The third-order valence-electron chi connectivity index (χ3n) is 3.71. The van der Waals surface area contributed by atoms with Gasteiger partial charge in [0.1, 0.15) is 0 Å². The van der Waals surface area contributed by atoms with E-state index in [0.717, 1.165) is 16.6 Å². The van der Waals surface area contributed by atoms with Gasteiger partial charge in [-0.2, -0.15) is 0 Å². The molecule has 0 atom stereocenters. The fourth-order valence-electron chi connectivity index (χ4n) is 2.51. The number of pyridine rings is 2. The number of fused-ring (bicyclic) bond motifs is 1. The summed E-state index contributed by atoms with van der Waals surface area (Å²) < 4.78 is 0. The molecule has 0 unspecified atom stereocenters. The van der Waals surface area contributed by atoms with Crippen molar-refractivity contribution in [2.24, 2.45) is 0 Å². The first-order valence-electron chi connectivity index (χ1n) is 7.40. The molecule has 0 bridgehead atoms. The number of hydrogen-bond donors (Lipinski definition) is 2. The van der Waals surface area contributed by atoms with Gasteiger partial charge < -0.3 is 10.3 Å². The van der Waals surface area contributed by atoms with E-state index in [9.17, 15) is 4.79 Å². The molecule has 0 saturated heterocycles. The highest BCUT2D eigenvalue weighted by Gasteiger charge is 2.12. The van der Waals surface area contributed by atoms with E-state index in [1.807, 2.05) is 36.4 Å². The third kappa shape index (κ3) is 2.61. The highest BCUT2D eigenvalue weighted by Crippen LogP contribution is 2.20. The molecule has 0 radical (unpaired) electrons. The molecule has 0 aliphatic heterocycles. The summed E-state index contributed by atoms with van der Waals surface area (Å²) in [4.78, 5) is 28.0. The zero-order valence-electron chi connectivity index (χ0n) is 12.6. The first-order chi connectivity index (χ1) is 11.8. The number of nitrogens with zero attached hydrogens (tertiary/aromatic N) is 3. The molecule has 3 aromatic heterocycles. The molecule has 116 valence electrons. The Kier molecular flexibility index (Phi) is 3.47. The standard InChI is InChI=1S/C18H13N5O/c24-18(15-9-19-8-13-2-1-7-21-17(13)15)23-14-5-3-12(4-6-14)16-10-20-11-22-16/h1-11H,(H,20,22)(H,23,24). The molecule has 0 fully saturated rings. The Morgan fingerprint density at radius 2 is 1.88 bits per heavy atom. The maximum absolute atomic E-state index is 12.5. The molecular formula is C18H13N5O. The largest absolute Gasteiger partial charge is 0.345 e. The number of aromatic nitrogens is 4. The molecule has 0 spiro atoms. The summed E-state index contributed by atoms with van der Waals surface area (Å²) in [5.41, 5.74) is 3.72. The maximum Gasteiger partial charge on any atom is 0.259 e. The normalized spacial score (nSPS) is 10.7. The number of benzene rings is 1. The molecule has 6 nitrogen and oxygen atoms in total. The topological polar surface area (TPSA) is 83.6 Å². The molecule has 1 amide bonds. The van der Waals surface area contributed by atoms with Crippen molar-refractivity contribution in [3.8, 4) is 11.3 Å². The number of nitrogens with one attached hydrogen (secondary N) is 2. The molecule has 0 aliphatic carbocycles. The number of anilines is 1. The molecule has 2 N–H and O–H groups in total. The monoisotopic (exact) mass is 315 g/mol. The molecule has 0 aliphatic rings. The van der Waals surface area contributed by atoms with Gasteiger partial charge in [-0.25, -0.2) is 4.98 Å². The fourth-order valence-corrected chi connectivity index (χ4v) is 2.51. The van der Waals surface area contributed by atoms with Crippen molar-refractivity contribution < 1.29 is 4.79 Å². The van der Waals surface area contributed by atoms with Crippen molar-refractivity contribution in [2.45, 2.75) is 0 Å². The minimum absolute atomic E-state index is 0.235. The van der Waals surface area contributed by atoms with Gasteiger partial charge in [-0.15, -0.1) is 0 Å². The number of imidazole rings is 1. The van der Waals surface area contributed by atoms with Gasteiger partial charge in [0.05, 0.1) is 29.3 Å². The minimum Gasteiger partial charge on any atom is -0.345 e. The van der Waals surface area contributed by atoms with Crippen molar-refractivity contribution in [2.75, 3.05) is 5.32 Å². The van der Waals surface area contributed by atoms with Crippen LogP contribution in [0.3, 0.4) is 0 Å². The van der Waals surface area contributed by atoms with Crippen molar-refractivity contribution in [1.29, 1.82) is 0 Å². The highest BCUT2D eigenvalue weighted by molar-refractivity contribution is 6.11. The molecular weight excluding hydrogens is 302 g/mol. The molecule has 1 aromatic carbocycles. The molecule has 0 saturated carbocycles. The number of hydrogen-bond acceptors (Lipinski definition) is 4. The van der Waals surface area contributed by atoms with E-state index in [0.29, 0.717) is 16.8 Å². The lowest BCUT2D eigenvalue weighted by Crippen LogP contribution is -2.13. The summed E-state index contributed by atoms with van der Waals surface area (Å²) in [5, 5.41) is 3.71. The van der Waals surface area contributed by atoms with Gasteiger partial charge in [0, 0.05) is 29.7 Å². The Bertz CT molecular complexity index is 988. The first-order valence-corrected chi connectivity index (χ1v) is 7.40. The van der Waals surface area contributed by atoms with Crippen molar-refractivity contribution in [3.05, 3.63) is 73.1 Å². The summed E-state index contributed by atoms with van der Waals surface area (Å²) in [7, 11) is 0. The maximum atomic E-state index is 12.5. The smallest absolute Gasteiger partial charge is 0.259 e. The van der Waals surface area contributed by atoms with Crippen LogP contribution >= 0.6 is 0 Å². The summed E-state index contributed by atoms with van der Waals surface area (Å²) in [5.74, 6) is -0.235. The van der Waals surface area contributed by atoms with E-state index >= 15 is 0 Å². The minimum atomic E-state index is -0.235. The van der Waals surface area contributed by atoms with Crippen LogP contribution in [0.25, 0.3) is 22.2 Å². The average Bonchev–Trinajstić information content (AvgIpc) is 3.16. The van der Waals surface area contributed by atoms with Crippen LogP contribution in [0.1, 0.15) is 10.4 Å². The van der Waals surface area contributed by atoms with Gasteiger partial charge in [-0.05, 0) is 29.8 Å². The quantitative estimate of drug-likeness (QED) is 0.608. The van der Waals surface area contributed by atoms with E-state index in [-0.39, 0.29) is 5.91 Å². The number of aromatic amines is 1. The predicted molar refractivity (Wildman–Crippen MR) is 91.5 cm³/mol. The molecule has 6 heteroatoms. The van der Waals surface area contributed by atoms with Crippen LogP contribution in [0.15, 0.2) is 67.5 Å². The van der Waals surface area contributed by atoms with Crippen molar-refractivity contribution in [3.63, 3.8) is 0 Å². The lowest BCUT2D eigenvalue weighted by atomic mass is 10.1. The average molecular weight is 315 g/mol. The SMILES string of the molecule is O=C(Nc1ccc(-c2cnc[nH]2)cc1)c1cncc2cccnc12. The highest BCUT2D eigenvalue weighted by atomic mass is 16.1. The van der Waals surface area contributed by atoms with Crippen LogP contribution in [-0.4, -0.2) is 25.8 Å². The summed E-state index contributed by atoms with van der Waals surface area (Å²) in [6.07, 6.45) is 8.27. The number of amides is 1. The van der Waals surface area contributed by atoms with Crippen LogP contribution in [0.4, 0.5) is 5.69 Å². The van der Waals surface area contributed by atoms with Gasteiger partial charge >= 0.3 is 0 Å². The Morgan fingerprint density at radius 1 is 1.00 bits per heavy atom. The molecule has 4 aromatic rings. The second-order valence-electron chi connectivity index (χ2n) is 5.26. The van der Waals surface area contributed by atoms with Crippen LogP contribution in [-0.2, 0) is 0 Å². The van der Waals surface area contributed by atoms with E-state index in [2.05, 4.69) is 25.3 Å². The Hall–Kier alpha value is -3.54. The fraction of sp³-hybridized carbons (Fsp3) is 0. The van der Waals surface area contributed by atoms with Crippen LogP contribution in [0.2, 0.25) is 0 Å². The van der Waals surface area contributed by atoms with Gasteiger partial charge in [0.2, 0.25) is 0 Å². The molecule has 4 rings (SSSR count). The lowest BCUT2D eigenvalue weighted by molar-refractivity contribution is 0.102. The van der Waals surface area contributed by atoms with E-state index in [4.69, 9.17) is 0 Å². The summed E-state index contributed by atoms with van der Waals surface area (Å²) >= 11 is 0. The number of H-pyrrole nitrogens is 1. The van der Waals surface area contributed by atoms with Gasteiger partial charge in [0.15, 0.2) is 0 Å². The Balaban J connectivity index is 1.59. The van der Waals surface area contributed by atoms with E-state index in [1.165, 1.54) is 6.20 Å². The predicted octanol–water partition coefficient (Wildman–Crippen LogP) is 3.27.